The Hall–Kier alpha value is -1.41. The molecule has 6 nitrogen and oxygen atoms in total. The monoisotopic (exact) mass is 333 g/mol. The molecule has 2 rings (SSSR count). The topological polar surface area (TPSA) is 106 Å². The minimum atomic E-state index is -4.09. The summed E-state index contributed by atoms with van der Waals surface area (Å²) < 4.78 is 23.6. The molecule has 0 aliphatic heterocycles. The summed E-state index contributed by atoms with van der Waals surface area (Å²) >= 11 is 11.4. The molecule has 0 bridgehead atoms. The Balaban J connectivity index is 2.66. The molecule has 0 aliphatic carbocycles. The molecule has 1 aromatic carbocycles. The van der Waals surface area contributed by atoms with E-state index < -0.39 is 21.0 Å². The second kappa shape index (κ2) is 5.53. The number of primary sulfonamides is 1. The first-order valence-corrected chi connectivity index (χ1v) is 7.64. The zero-order valence-corrected chi connectivity index (χ0v) is 12.2. The number of aromatic hydroxyl groups is 1. The van der Waals surface area contributed by atoms with Gasteiger partial charge in [-0.25, -0.2) is 13.6 Å². The molecule has 1 aromatic heterocycles. The second-order valence-electron chi connectivity index (χ2n) is 3.96. The van der Waals surface area contributed by atoms with Crippen LogP contribution in [0.3, 0.4) is 0 Å². The third kappa shape index (κ3) is 3.18. The first kappa shape index (κ1) is 15.0. The van der Waals surface area contributed by atoms with Crippen LogP contribution in [-0.4, -0.2) is 23.7 Å². The maximum atomic E-state index is 11.8. The van der Waals surface area contributed by atoms with Gasteiger partial charge in [-0.3, -0.25) is 0 Å². The number of halogens is 2. The molecule has 1 unspecified atom stereocenters. The lowest BCUT2D eigenvalue weighted by Crippen LogP contribution is -2.24. The van der Waals surface area contributed by atoms with Crippen LogP contribution in [0.1, 0.15) is 16.5 Å². The second-order valence-corrected chi connectivity index (χ2v) is 6.43. The van der Waals surface area contributed by atoms with Crippen molar-refractivity contribution in [3.63, 3.8) is 0 Å². The molecule has 3 N–H and O–H groups in total. The predicted octanol–water partition coefficient (Wildman–Crippen LogP) is 1.87. The van der Waals surface area contributed by atoms with Crippen LogP contribution in [0.15, 0.2) is 30.3 Å². The molecule has 0 fully saturated rings. The van der Waals surface area contributed by atoms with E-state index in [0.717, 1.165) is 6.07 Å². The number of benzene rings is 1. The smallest absolute Gasteiger partial charge is 0.222 e. The molecule has 0 aliphatic rings. The molecule has 0 amide bonds. The first-order chi connectivity index (χ1) is 9.29. The van der Waals surface area contributed by atoms with Crippen LogP contribution >= 0.6 is 23.2 Å². The van der Waals surface area contributed by atoms with Crippen LogP contribution in [0.25, 0.3) is 0 Å². The normalized spacial score (nSPS) is 13.2. The molecule has 1 atom stereocenters. The van der Waals surface area contributed by atoms with Crippen molar-refractivity contribution in [3.05, 3.63) is 51.8 Å². The average molecular weight is 334 g/mol. The zero-order valence-electron chi connectivity index (χ0n) is 9.86. The Morgan fingerprint density at radius 2 is 1.90 bits per heavy atom. The fourth-order valence-corrected chi connectivity index (χ4v) is 3.07. The van der Waals surface area contributed by atoms with Gasteiger partial charge in [0.15, 0.2) is 5.15 Å². The summed E-state index contributed by atoms with van der Waals surface area (Å²) in [6, 6.07) is 7.17. The molecule has 106 valence electrons. The van der Waals surface area contributed by atoms with E-state index >= 15 is 0 Å². The highest BCUT2D eigenvalue weighted by Gasteiger charge is 2.30. The lowest BCUT2D eigenvalue weighted by Gasteiger charge is -2.15. The fourth-order valence-electron chi connectivity index (χ4n) is 1.73. The Morgan fingerprint density at radius 1 is 1.20 bits per heavy atom. The molecule has 9 heteroatoms. The van der Waals surface area contributed by atoms with E-state index in [4.69, 9.17) is 28.3 Å². The molecule has 2 aromatic rings. The number of hydrogen-bond acceptors (Lipinski definition) is 5. The van der Waals surface area contributed by atoms with Crippen molar-refractivity contribution in [2.75, 3.05) is 0 Å². The van der Waals surface area contributed by atoms with Crippen LogP contribution in [0.4, 0.5) is 0 Å². The predicted molar refractivity (Wildman–Crippen MR) is 75.1 cm³/mol. The van der Waals surface area contributed by atoms with Crippen molar-refractivity contribution in [1.82, 2.24) is 10.2 Å². The Labute approximate surface area is 125 Å². The highest BCUT2D eigenvalue weighted by atomic mass is 35.5. The van der Waals surface area contributed by atoms with Gasteiger partial charge >= 0.3 is 0 Å². The zero-order chi connectivity index (χ0) is 14.9. The summed E-state index contributed by atoms with van der Waals surface area (Å²) in [5, 5.41) is 21.1. The van der Waals surface area contributed by atoms with Crippen LogP contribution in [0, 0.1) is 0 Å². The molecule has 0 spiro atoms. The summed E-state index contributed by atoms with van der Waals surface area (Å²) in [7, 11) is -4.09. The van der Waals surface area contributed by atoms with Crippen molar-refractivity contribution in [3.8, 4) is 5.75 Å². The minimum absolute atomic E-state index is 0.0643. The molecule has 0 saturated heterocycles. The summed E-state index contributed by atoms with van der Waals surface area (Å²) in [4.78, 5) is 0. The number of aromatic nitrogens is 2. The van der Waals surface area contributed by atoms with Crippen molar-refractivity contribution in [2.45, 2.75) is 5.25 Å². The van der Waals surface area contributed by atoms with Crippen LogP contribution in [0.5, 0.6) is 5.75 Å². The largest absolute Gasteiger partial charge is 0.506 e. The first-order valence-electron chi connectivity index (χ1n) is 5.28. The highest BCUT2D eigenvalue weighted by molar-refractivity contribution is 7.89. The van der Waals surface area contributed by atoms with Gasteiger partial charge in [-0.2, -0.15) is 0 Å². The number of sulfonamides is 1. The van der Waals surface area contributed by atoms with Crippen LogP contribution in [-0.2, 0) is 10.0 Å². The van der Waals surface area contributed by atoms with E-state index in [-0.39, 0.29) is 16.4 Å². The quantitative estimate of drug-likeness (QED) is 0.891. The van der Waals surface area contributed by atoms with Gasteiger partial charge in [0.25, 0.3) is 0 Å². The lowest BCUT2D eigenvalue weighted by molar-refractivity contribution is 0.460. The van der Waals surface area contributed by atoms with E-state index in [9.17, 15) is 13.5 Å². The molecular weight excluding hydrogens is 325 g/mol. The van der Waals surface area contributed by atoms with Crippen molar-refractivity contribution < 1.29 is 13.5 Å². The van der Waals surface area contributed by atoms with Crippen LogP contribution in [0.2, 0.25) is 10.2 Å². The van der Waals surface area contributed by atoms with Crippen molar-refractivity contribution in [1.29, 1.82) is 0 Å². The molecule has 20 heavy (non-hydrogen) atoms. The number of nitrogens with zero attached hydrogens (tertiary/aromatic N) is 2. The Morgan fingerprint density at radius 3 is 2.45 bits per heavy atom. The van der Waals surface area contributed by atoms with Gasteiger partial charge < -0.3 is 5.11 Å². The molecular formula is C11H9Cl2N3O3S. The number of hydrogen-bond donors (Lipinski definition) is 2. The SMILES string of the molecule is NS(=O)(=O)C(c1cccc(Cl)c1)c1nnc(Cl)cc1O. The Bertz CT molecular complexity index is 752. The van der Waals surface area contributed by atoms with Crippen molar-refractivity contribution in [2.24, 2.45) is 5.14 Å². The highest BCUT2D eigenvalue weighted by Crippen LogP contribution is 2.34. The van der Waals surface area contributed by atoms with Gasteiger partial charge in [0, 0.05) is 11.1 Å². The Kier molecular flexibility index (Phi) is 4.14. The van der Waals surface area contributed by atoms with E-state index in [1.54, 1.807) is 12.1 Å². The van der Waals surface area contributed by atoms with Crippen molar-refractivity contribution >= 4 is 33.2 Å². The van der Waals surface area contributed by atoms with Gasteiger partial charge in [-0.15, -0.1) is 10.2 Å². The van der Waals surface area contributed by atoms with Gasteiger partial charge in [0.2, 0.25) is 10.0 Å². The molecule has 0 saturated carbocycles. The van der Waals surface area contributed by atoms with Gasteiger partial charge in [0.05, 0.1) is 0 Å². The van der Waals surface area contributed by atoms with Gasteiger partial charge in [-0.1, -0.05) is 35.3 Å². The molecule has 0 radical (unpaired) electrons. The standard InChI is InChI=1S/C11H9Cl2N3O3S/c12-7-3-1-2-6(4-7)11(20(14,18)19)10-8(17)5-9(13)15-16-10/h1-5,11H,(H,15,17)(H2,14,18,19). The van der Waals surface area contributed by atoms with E-state index in [2.05, 4.69) is 10.2 Å². The van der Waals surface area contributed by atoms with E-state index in [1.165, 1.54) is 12.1 Å². The summed E-state index contributed by atoms with van der Waals surface area (Å²) in [5.41, 5.74) is 0.0612. The van der Waals surface area contributed by atoms with E-state index in [1.807, 2.05) is 0 Å². The maximum Gasteiger partial charge on any atom is 0.222 e. The minimum Gasteiger partial charge on any atom is -0.506 e. The maximum absolute atomic E-state index is 11.8. The number of rotatable bonds is 3. The molecule has 1 heterocycles. The van der Waals surface area contributed by atoms with Gasteiger partial charge in [-0.05, 0) is 17.7 Å². The third-order valence-electron chi connectivity index (χ3n) is 2.50. The van der Waals surface area contributed by atoms with Crippen LogP contribution < -0.4 is 5.14 Å². The summed E-state index contributed by atoms with van der Waals surface area (Å²) in [6.45, 7) is 0. The third-order valence-corrected chi connectivity index (χ3v) is 4.07. The number of nitrogens with two attached hydrogens (primary N) is 1. The summed E-state index contributed by atoms with van der Waals surface area (Å²) in [6.07, 6.45) is 0. The average Bonchev–Trinajstić information content (AvgIpc) is 2.31. The van der Waals surface area contributed by atoms with Gasteiger partial charge in [0.1, 0.15) is 16.7 Å². The summed E-state index contributed by atoms with van der Waals surface area (Å²) in [5.74, 6) is -0.413. The van der Waals surface area contributed by atoms with E-state index in [0.29, 0.717) is 5.02 Å². The lowest BCUT2D eigenvalue weighted by atomic mass is 10.1. The fraction of sp³-hybridized carbons (Fsp3) is 0.0909.